The van der Waals surface area contributed by atoms with E-state index in [1.165, 1.54) is 0 Å². The molecule has 1 aliphatic rings. The van der Waals surface area contributed by atoms with Crippen LogP contribution in [0.5, 0.6) is 5.75 Å². The monoisotopic (exact) mass is 398 g/mol. The summed E-state index contributed by atoms with van der Waals surface area (Å²) in [6, 6.07) is 15.1. The van der Waals surface area contributed by atoms with Crippen molar-refractivity contribution in [2.24, 2.45) is 0 Å². The van der Waals surface area contributed by atoms with Crippen LogP contribution < -0.4 is 20.3 Å². The Morgan fingerprint density at radius 3 is 2.61 bits per heavy atom. The van der Waals surface area contributed by atoms with Crippen LogP contribution in [0.2, 0.25) is 0 Å². The first kappa shape index (κ1) is 20.1. The number of amides is 1. The molecule has 1 fully saturated rings. The quantitative estimate of drug-likeness (QED) is 0.756. The number of hydrogen-bond acceptors (Lipinski definition) is 5. The zero-order valence-electron chi connectivity index (χ0n) is 16.3. The average molecular weight is 399 g/mol. The Balaban J connectivity index is 1.65. The minimum absolute atomic E-state index is 0.267. The van der Waals surface area contributed by atoms with Gasteiger partial charge in [-0.05, 0) is 56.5 Å². The molecule has 1 heterocycles. The molecule has 1 amide bonds. The molecule has 0 unspecified atom stereocenters. The number of nitrogens with one attached hydrogen (secondary N) is 2. The van der Waals surface area contributed by atoms with Gasteiger partial charge >= 0.3 is 0 Å². The van der Waals surface area contributed by atoms with Gasteiger partial charge in [0.2, 0.25) is 0 Å². The third-order valence-electron chi connectivity index (χ3n) is 4.63. The highest BCUT2D eigenvalue weighted by atomic mass is 32.1. The molecule has 7 heteroatoms. The molecule has 2 aromatic rings. The summed E-state index contributed by atoms with van der Waals surface area (Å²) in [5.74, 6) is 0.394. The molecule has 3 rings (SSSR count). The van der Waals surface area contributed by atoms with Crippen LogP contribution in [0.4, 0.5) is 11.4 Å². The van der Waals surface area contributed by atoms with Crippen LogP contribution in [-0.4, -0.2) is 55.8 Å². The van der Waals surface area contributed by atoms with Gasteiger partial charge in [0.05, 0.1) is 18.0 Å². The first-order valence-corrected chi connectivity index (χ1v) is 9.85. The van der Waals surface area contributed by atoms with Crippen molar-refractivity contribution in [1.82, 2.24) is 10.2 Å². The molecule has 0 bridgehead atoms. The Hall–Kier alpha value is -2.64. The van der Waals surface area contributed by atoms with Crippen molar-refractivity contribution in [1.29, 1.82) is 0 Å². The molecule has 0 saturated carbocycles. The maximum Gasteiger partial charge on any atom is 0.257 e. The molecule has 1 aliphatic heterocycles. The van der Waals surface area contributed by atoms with E-state index in [4.69, 9.17) is 17.0 Å². The summed E-state index contributed by atoms with van der Waals surface area (Å²) in [6.07, 6.45) is 0. The number of nitrogens with zero attached hydrogens (tertiary/aromatic N) is 2. The van der Waals surface area contributed by atoms with Crippen LogP contribution >= 0.6 is 12.2 Å². The number of likely N-dealkylation sites (N-methyl/N-ethyl adjacent to an activating group) is 1. The van der Waals surface area contributed by atoms with Crippen molar-refractivity contribution >= 4 is 34.6 Å². The number of rotatable bonds is 5. The van der Waals surface area contributed by atoms with E-state index < -0.39 is 0 Å². The topological polar surface area (TPSA) is 56.8 Å². The molecule has 2 N–H and O–H groups in total. The lowest BCUT2D eigenvalue weighted by molar-refractivity contribution is 0.0977. The highest BCUT2D eigenvalue weighted by molar-refractivity contribution is 7.80. The summed E-state index contributed by atoms with van der Waals surface area (Å²) in [5, 5.41) is 6.19. The predicted octanol–water partition coefficient (Wildman–Crippen LogP) is 2.96. The average Bonchev–Trinajstić information content (AvgIpc) is 2.69. The van der Waals surface area contributed by atoms with E-state index in [1.54, 1.807) is 18.2 Å². The SMILES string of the molecule is CCOc1cccc(C(=O)NC(=S)Nc2ccccc2N2CCN(C)CC2)c1. The Labute approximate surface area is 171 Å². The van der Waals surface area contributed by atoms with Crippen LogP contribution in [-0.2, 0) is 0 Å². The van der Waals surface area contributed by atoms with Gasteiger partial charge in [0.15, 0.2) is 5.11 Å². The van der Waals surface area contributed by atoms with E-state index in [-0.39, 0.29) is 11.0 Å². The fraction of sp³-hybridized carbons (Fsp3) is 0.333. The van der Waals surface area contributed by atoms with E-state index in [0.717, 1.165) is 37.6 Å². The fourth-order valence-electron chi connectivity index (χ4n) is 3.13. The van der Waals surface area contributed by atoms with Crippen molar-refractivity contribution in [3.63, 3.8) is 0 Å². The molecule has 0 aliphatic carbocycles. The van der Waals surface area contributed by atoms with Gasteiger partial charge in [0, 0.05) is 31.7 Å². The molecular weight excluding hydrogens is 372 g/mol. The molecule has 0 aromatic heterocycles. The van der Waals surface area contributed by atoms with E-state index in [9.17, 15) is 4.79 Å². The first-order chi connectivity index (χ1) is 13.6. The van der Waals surface area contributed by atoms with E-state index in [0.29, 0.717) is 17.9 Å². The number of ether oxygens (including phenoxy) is 1. The zero-order valence-corrected chi connectivity index (χ0v) is 17.1. The molecule has 2 aromatic carbocycles. The van der Waals surface area contributed by atoms with E-state index in [1.807, 2.05) is 31.2 Å². The Kier molecular flexibility index (Phi) is 6.84. The number of benzene rings is 2. The number of hydrogen-bond donors (Lipinski definition) is 2. The number of para-hydroxylation sites is 2. The number of carbonyl (C=O) groups excluding carboxylic acids is 1. The maximum atomic E-state index is 12.5. The van der Waals surface area contributed by atoms with Gasteiger partial charge in [-0.15, -0.1) is 0 Å². The van der Waals surface area contributed by atoms with Gasteiger partial charge < -0.3 is 19.9 Å². The number of anilines is 2. The molecule has 0 atom stereocenters. The second-order valence-electron chi connectivity index (χ2n) is 6.68. The van der Waals surface area contributed by atoms with Crippen LogP contribution in [0.1, 0.15) is 17.3 Å². The second kappa shape index (κ2) is 9.52. The van der Waals surface area contributed by atoms with Gasteiger partial charge in [-0.3, -0.25) is 10.1 Å². The Morgan fingerprint density at radius 1 is 1.11 bits per heavy atom. The second-order valence-corrected chi connectivity index (χ2v) is 7.08. The summed E-state index contributed by atoms with van der Waals surface area (Å²) >= 11 is 5.38. The van der Waals surface area contributed by atoms with E-state index >= 15 is 0 Å². The maximum absolute atomic E-state index is 12.5. The minimum Gasteiger partial charge on any atom is -0.494 e. The van der Waals surface area contributed by atoms with Gasteiger partial charge in [-0.25, -0.2) is 0 Å². The molecule has 0 radical (unpaired) electrons. The zero-order chi connectivity index (χ0) is 19.9. The molecule has 0 spiro atoms. The van der Waals surface area contributed by atoms with Crippen LogP contribution in [0.15, 0.2) is 48.5 Å². The normalized spacial score (nSPS) is 14.4. The van der Waals surface area contributed by atoms with Gasteiger partial charge in [-0.1, -0.05) is 18.2 Å². The number of thiocarbonyl (C=S) groups is 1. The van der Waals surface area contributed by atoms with Crippen molar-refractivity contribution in [3.8, 4) is 5.75 Å². The van der Waals surface area contributed by atoms with E-state index in [2.05, 4.69) is 33.5 Å². The summed E-state index contributed by atoms with van der Waals surface area (Å²) in [7, 11) is 2.13. The highest BCUT2D eigenvalue weighted by Gasteiger charge is 2.17. The predicted molar refractivity (Wildman–Crippen MR) is 117 cm³/mol. The summed E-state index contributed by atoms with van der Waals surface area (Å²) in [5.41, 5.74) is 2.48. The van der Waals surface area contributed by atoms with Crippen LogP contribution in [0, 0.1) is 0 Å². The third-order valence-corrected chi connectivity index (χ3v) is 4.83. The highest BCUT2D eigenvalue weighted by Crippen LogP contribution is 2.26. The lowest BCUT2D eigenvalue weighted by atomic mass is 10.2. The largest absolute Gasteiger partial charge is 0.494 e. The number of piperazine rings is 1. The number of carbonyl (C=O) groups is 1. The molecule has 6 nitrogen and oxygen atoms in total. The van der Waals surface area contributed by atoms with Gasteiger partial charge in [0.1, 0.15) is 5.75 Å². The summed E-state index contributed by atoms with van der Waals surface area (Å²) in [6.45, 7) is 6.41. The standard InChI is InChI=1S/C21H26N4O2S/c1-3-27-17-8-6-7-16(15-17)20(26)23-21(28)22-18-9-4-5-10-19(18)25-13-11-24(2)12-14-25/h4-10,15H,3,11-14H2,1-2H3,(H2,22,23,26,28). The lowest BCUT2D eigenvalue weighted by Gasteiger charge is -2.35. The molecule has 28 heavy (non-hydrogen) atoms. The van der Waals surface area contributed by atoms with Crippen molar-refractivity contribution < 1.29 is 9.53 Å². The van der Waals surface area contributed by atoms with Crippen LogP contribution in [0.25, 0.3) is 0 Å². The summed E-state index contributed by atoms with van der Waals surface area (Å²) in [4.78, 5) is 17.2. The third kappa shape index (κ3) is 5.21. The Morgan fingerprint density at radius 2 is 1.86 bits per heavy atom. The molecule has 1 saturated heterocycles. The molecular formula is C21H26N4O2S. The summed E-state index contributed by atoms with van der Waals surface area (Å²) < 4.78 is 5.45. The van der Waals surface area contributed by atoms with Crippen molar-refractivity contribution in [2.45, 2.75) is 6.92 Å². The molecule has 148 valence electrons. The van der Waals surface area contributed by atoms with Gasteiger partial charge in [0.25, 0.3) is 5.91 Å². The smallest absolute Gasteiger partial charge is 0.257 e. The van der Waals surface area contributed by atoms with Crippen molar-refractivity contribution in [3.05, 3.63) is 54.1 Å². The Bertz CT molecular complexity index is 835. The minimum atomic E-state index is -0.267. The first-order valence-electron chi connectivity index (χ1n) is 9.44. The fourth-order valence-corrected chi connectivity index (χ4v) is 3.33. The van der Waals surface area contributed by atoms with Gasteiger partial charge in [-0.2, -0.15) is 0 Å². The van der Waals surface area contributed by atoms with Crippen molar-refractivity contribution in [2.75, 3.05) is 50.1 Å². The lowest BCUT2D eigenvalue weighted by Crippen LogP contribution is -2.45. The van der Waals surface area contributed by atoms with Crippen LogP contribution in [0.3, 0.4) is 0 Å².